The summed E-state index contributed by atoms with van der Waals surface area (Å²) in [5.41, 5.74) is -1.83. The maximum atomic E-state index is 12.5. The highest BCUT2D eigenvalue weighted by atomic mass is 16.7. The van der Waals surface area contributed by atoms with Crippen LogP contribution in [0.4, 0.5) is 4.79 Å². The minimum absolute atomic E-state index is 0.000546. The van der Waals surface area contributed by atoms with Crippen LogP contribution in [0.1, 0.15) is 60.5 Å². The van der Waals surface area contributed by atoms with E-state index in [1.54, 1.807) is 13.8 Å². The van der Waals surface area contributed by atoms with E-state index in [2.05, 4.69) is 5.32 Å². The molecule has 0 aliphatic carbocycles. The topological polar surface area (TPSA) is 137 Å². The molecule has 0 aliphatic heterocycles. The predicted octanol–water partition coefficient (Wildman–Crippen LogP) is 3.45. The molecule has 2 N–H and O–H groups in total. The van der Waals surface area contributed by atoms with Crippen LogP contribution in [-0.2, 0) is 30.3 Å². The van der Waals surface area contributed by atoms with Gasteiger partial charge >= 0.3 is 24.1 Å². The first-order valence-electron chi connectivity index (χ1n) is 10.7. The quantitative estimate of drug-likeness (QED) is 0.283. The molecular weight excluding hydrogens is 434 g/mol. The molecule has 0 bridgehead atoms. The average molecular weight is 468 g/mol. The molecule has 2 unspecified atom stereocenters. The number of carbonyl (C=O) groups excluding carboxylic acids is 3. The number of rotatable bonds is 11. The van der Waals surface area contributed by atoms with E-state index in [1.165, 1.54) is 32.0 Å². The van der Waals surface area contributed by atoms with E-state index in [9.17, 15) is 24.3 Å². The third-order valence-corrected chi connectivity index (χ3v) is 4.88. The highest BCUT2D eigenvalue weighted by molar-refractivity contribution is 5.80. The fraction of sp³-hybridized carbons (Fsp3) is 0.565. The number of benzene rings is 1. The Bertz CT molecular complexity index is 867. The zero-order valence-corrected chi connectivity index (χ0v) is 20.1. The van der Waals surface area contributed by atoms with E-state index in [1.807, 2.05) is 20.8 Å². The summed E-state index contributed by atoms with van der Waals surface area (Å²) in [6.45, 7) is 11.3. The lowest BCUT2D eigenvalue weighted by Crippen LogP contribution is -2.59. The van der Waals surface area contributed by atoms with Crippen molar-refractivity contribution in [2.75, 3.05) is 0 Å². The van der Waals surface area contributed by atoms with Crippen LogP contribution in [0.25, 0.3) is 0 Å². The minimum Gasteiger partial charge on any atom is -0.477 e. The minimum atomic E-state index is -2.17. The van der Waals surface area contributed by atoms with Crippen molar-refractivity contribution in [1.82, 2.24) is 5.32 Å². The monoisotopic (exact) mass is 467 g/mol. The van der Waals surface area contributed by atoms with Gasteiger partial charge in [-0.05, 0) is 43.9 Å². The van der Waals surface area contributed by atoms with Gasteiger partial charge in [-0.1, -0.05) is 26.8 Å². The number of hydrogen-bond acceptors (Lipinski definition) is 9. The Morgan fingerprint density at radius 1 is 1.00 bits per heavy atom. The smallest absolute Gasteiger partial charge is 0.477 e. The van der Waals surface area contributed by atoms with Crippen molar-refractivity contribution in [3.63, 3.8) is 0 Å². The van der Waals surface area contributed by atoms with E-state index in [0.717, 1.165) is 0 Å². The Morgan fingerprint density at radius 3 is 2.06 bits per heavy atom. The summed E-state index contributed by atoms with van der Waals surface area (Å²) >= 11 is 0. The van der Waals surface area contributed by atoms with Crippen LogP contribution in [0.15, 0.2) is 18.2 Å². The van der Waals surface area contributed by atoms with Gasteiger partial charge in [0.1, 0.15) is 6.10 Å². The molecule has 1 aromatic rings. The highest BCUT2D eigenvalue weighted by Gasteiger charge is 2.45. The molecule has 0 amide bonds. The van der Waals surface area contributed by atoms with Crippen LogP contribution in [-0.4, -0.2) is 47.0 Å². The Kier molecular flexibility index (Phi) is 10.3. The van der Waals surface area contributed by atoms with E-state index in [0.29, 0.717) is 12.0 Å². The summed E-state index contributed by atoms with van der Waals surface area (Å²) < 4.78 is 20.7. The van der Waals surface area contributed by atoms with Gasteiger partial charge < -0.3 is 24.1 Å². The largest absolute Gasteiger partial charge is 0.510 e. The van der Waals surface area contributed by atoms with E-state index >= 15 is 0 Å². The van der Waals surface area contributed by atoms with E-state index < -0.39 is 35.9 Å². The van der Waals surface area contributed by atoms with Crippen LogP contribution >= 0.6 is 0 Å². The van der Waals surface area contributed by atoms with Crippen molar-refractivity contribution >= 4 is 24.1 Å². The Labute approximate surface area is 193 Å². The third-order valence-electron chi connectivity index (χ3n) is 4.88. The number of carboxylic acid groups (broad SMARTS) is 1. The molecule has 184 valence electrons. The highest BCUT2D eigenvalue weighted by Crippen LogP contribution is 2.31. The lowest BCUT2D eigenvalue weighted by molar-refractivity contribution is -0.168. The van der Waals surface area contributed by atoms with Gasteiger partial charge in [0.25, 0.3) is 5.72 Å². The third kappa shape index (κ3) is 8.72. The van der Waals surface area contributed by atoms with Crippen LogP contribution in [0, 0.1) is 5.92 Å². The molecule has 0 saturated heterocycles. The molecule has 0 radical (unpaired) electrons. The van der Waals surface area contributed by atoms with E-state index in [-0.39, 0.29) is 29.9 Å². The number of hydrogen-bond donors (Lipinski definition) is 2. The molecule has 0 aromatic heterocycles. The fourth-order valence-electron chi connectivity index (χ4n) is 2.68. The van der Waals surface area contributed by atoms with Crippen molar-refractivity contribution in [3.8, 4) is 11.5 Å². The number of aliphatic carboxylic acids is 1. The first-order valence-corrected chi connectivity index (χ1v) is 10.7. The molecule has 10 heteroatoms. The van der Waals surface area contributed by atoms with Gasteiger partial charge in [-0.2, -0.15) is 0 Å². The molecule has 0 saturated carbocycles. The first-order chi connectivity index (χ1) is 15.3. The number of nitrogens with one attached hydrogen (secondary N) is 1. The molecule has 0 aliphatic rings. The molecule has 33 heavy (non-hydrogen) atoms. The van der Waals surface area contributed by atoms with Crippen molar-refractivity contribution in [1.29, 1.82) is 0 Å². The Morgan fingerprint density at radius 2 is 1.58 bits per heavy atom. The number of esters is 2. The SMILES string of the molecule is CCC(C)N[C@@](Cc1ccc(OC(C)=O)c(OC(C)=O)c1)(OC(=O)OC(C)C(C)C)C(=O)O. The summed E-state index contributed by atoms with van der Waals surface area (Å²) in [5.74, 6) is -2.81. The zero-order chi connectivity index (χ0) is 25.3. The van der Waals surface area contributed by atoms with Gasteiger partial charge in [0.2, 0.25) is 0 Å². The van der Waals surface area contributed by atoms with Gasteiger partial charge in [-0.25, -0.2) is 9.59 Å². The molecule has 1 rings (SSSR count). The van der Waals surface area contributed by atoms with Gasteiger partial charge in [0.05, 0.1) is 0 Å². The number of ether oxygens (including phenoxy) is 4. The summed E-state index contributed by atoms with van der Waals surface area (Å²) in [4.78, 5) is 47.6. The second kappa shape index (κ2) is 12.2. The van der Waals surface area contributed by atoms with Gasteiger partial charge in [-0.15, -0.1) is 0 Å². The van der Waals surface area contributed by atoms with Crippen molar-refractivity contribution in [3.05, 3.63) is 23.8 Å². The van der Waals surface area contributed by atoms with Gasteiger partial charge in [0, 0.05) is 26.3 Å². The lowest BCUT2D eigenvalue weighted by atomic mass is 10.00. The second-order valence-corrected chi connectivity index (χ2v) is 8.15. The Hall–Kier alpha value is -3.14. The normalized spacial score (nSPS) is 14.5. The Balaban J connectivity index is 3.38. The maximum Gasteiger partial charge on any atom is 0.510 e. The lowest BCUT2D eigenvalue weighted by Gasteiger charge is -2.33. The molecule has 0 fully saturated rings. The van der Waals surface area contributed by atoms with Crippen LogP contribution in [0.5, 0.6) is 11.5 Å². The molecule has 10 nitrogen and oxygen atoms in total. The summed E-state index contributed by atoms with van der Waals surface area (Å²) in [7, 11) is 0. The van der Waals surface area contributed by atoms with E-state index in [4.69, 9.17) is 18.9 Å². The standard InChI is InChI=1S/C23H33NO9/c1-8-14(4)24-23(21(27)28,33-22(29)30-15(5)13(2)3)12-18-9-10-19(31-16(6)25)20(11-18)32-17(7)26/h9-11,13-15,24H,8,12H2,1-7H3,(H,27,28)/t14?,15?,23-/m0/s1. The van der Waals surface area contributed by atoms with Crippen LogP contribution in [0.3, 0.4) is 0 Å². The van der Waals surface area contributed by atoms with Crippen molar-refractivity contribution in [2.24, 2.45) is 5.92 Å². The average Bonchev–Trinajstić information content (AvgIpc) is 2.68. The summed E-state index contributed by atoms with van der Waals surface area (Å²) in [6.07, 6.45) is -1.40. The molecule has 1 aromatic carbocycles. The molecular formula is C23H33NO9. The van der Waals surface area contributed by atoms with Crippen molar-refractivity contribution in [2.45, 2.75) is 79.2 Å². The zero-order valence-electron chi connectivity index (χ0n) is 20.1. The molecule has 0 heterocycles. The van der Waals surface area contributed by atoms with Gasteiger partial charge in [-0.3, -0.25) is 14.9 Å². The molecule has 0 spiro atoms. The van der Waals surface area contributed by atoms with Gasteiger partial charge in [0.15, 0.2) is 11.5 Å². The van der Waals surface area contributed by atoms with Crippen molar-refractivity contribution < 1.29 is 43.2 Å². The molecule has 3 atom stereocenters. The predicted molar refractivity (Wildman–Crippen MR) is 118 cm³/mol. The number of carbonyl (C=O) groups is 4. The fourth-order valence-corrected chi connectivity index (χ4v) is 2.68. The summed E-state index contributed by atoms with van der Waals surface area (Å²) in [6, 6.07) is 3.86. The first kappa shape index (κ1) is 27.9. The van der Waals surface area contributed by atoms with Crippen LogP contribution < -0.4 is 14.8 Å². The summed E-state index contributed by atoms with van der Waals surface area (Å²) in [5, 5.41) is 12.9. The second-order valence-electron chi connectivity index (χ2n) is 8.15. The maximum absolute atomic E-state index is 12.5. The van der Waals surface area contributed by atoms with Crippen LogP contribution in [0.2, 0.25) is 0 Å². The number of carboxylic acids is 1.